The maximum atomic E-state index is 7.47. The lowest BCUT2D eigenvalue weighted by atomic mass is 9.30. The van der Waals surface area contributed by atoms with Gasteiger partial charge in [0, 0.05) is 101 Å². The van der Waals surface area contributed by atoms with E-state index < -0.39 is 0 Å². The summed E-state index contributed by atoms with van der Waals surface area (Å²) in [5, 5.41) is 0. The Labute approximate surface area is 388 Å². The Bertz CT molecular complexity index is 3190. The predicted octanol–water partition coefficient (Wildman–Crippen LogP) is 10.2. The van der Waals surface area contributed by atoms with Gasteiger partial charge in [0.05, 0.1) is 0 Å². The summed E-state index contributed by atoms with van der Waals surface area (Å²) >= 11 is 0. The van der Waals surface area contributed by atoms with E-state index in [0.29, 0.717) is 0 Å². The second-order valence-electron chi connectivity index (χ2n) is 18.9. The first-order chi connectivity index (χ1) is 32.8. The van der Waals surface area contributed by atoms with Crippen molar-refractivity contribution in [2.45, 2.75) is 38.5 Å². The first-order valence-electron chi connectivity index (χ1n) is 24.2. The van der Waals surface area contributed by atoms with Crippen LogP contribution in [-0.2, 0) is 0 Å². The summed E-state index contributed by atoms with van der Waals surface area (Å²) in [5.41, 5.74) is 21.1. The third-order valence-electron chi connectivity index (χ3n) is 15.2. The Morgan fingerprint density at radius 3 is 1.24 bits per heavy atom. The smallest absolute Gasteiger partial charge is 0.256 e. The van der Waals surface area contributed by atoms with Crippen LogP contribution in [0.1, 0.15) is 38.5 Å². The zero-order valence-electron chi connectivity index (χ0n) is 37.1. The Balaban J connectivity index is 1.05. The van der Waals surface area contributed by atoms with Crippen LogP contribution in [0.15, 0.2) is 176 Å². The molecule has 0 atom stereocenters. The fourth-order valence-corrected chi connectivity index (χ4v) is 12.3. The van der Waals surface area contributed by atoms with Crippen LogP contribution < -0.4 is 62.0 Å². The Morgan fingerprint density at radius 2 is 0.727 bits per heavy atom. The van der Waals surface area contributed by atoms with E-state index in [9.17, 15) is 0 Å². The number of benzene rings is 8. The number of para-hydroxylation sites is 5. The van der Waals surface area contributed by atoms with E-state index in [1.54, 1.807) is 0 Å². The highest BCUT2D eigenvalue weighted by atomic mass is 16.5. The summed E-state index contributed by atoms with van der Waals surface area (Å²) in [7, 11) is 0. The van der Waals surface area contributed by atoms with Crippen molar-refractivity contribution in [1.82, 2.24) is 0 Å². The summed E-state index contributed by atoms with van der Waals surface area (Å²) in [4.78, 5) is 12.8. The molecule has 8 aromatic rings. The van der Waals surface area contributed by atoms with Crippen LogP contribution in [0, 0.1) is 0 Å². The fourth-order valence-electron chi connectivity index (χ4n) is 12.3. The molecule has 0 radical (unpaired) electrons. The molecule has 8 aromatic carbocycles. The first kappa shape index (κ1) is 38.0. The van der Waals surface area contributed by atoms with Crippen molar-refractivity contribution in [3.05, 3.63) is 176 Å². The molecule has 0 amide bonds. The largest absolute Gasteiger partial charge is 0.458 e. The molecule has 0 bridgehead atoms. The Kier molecular flexibility index (Phi) is 8.71. The number of hydrogen-bond donors (Lipinski definition) is 0. The highest BCUT2D eigenvalue weighted by Crippen LogP contribution is 2.48. The lowest BCUT2D eigenvalue weighted by Gasteiger charge is -2.46. The molecule has 6 aliphatic heterocycles. The first-order valence-corrected chi connectivity index (χ1v) is 24.2. The van der Waals surface area contributed by atoms with Gasteiger partial charge in [0.1, 0.15) is 11.5 Å². The van der Waals surface area contributed by atoms with E-state index in [1.807, 2.05) is 0 Å². The predicted molar refractivity (Wildman–Crippen MR) is 278 cm³/mol. The monoisotopic (exact) mass is 853 g/mol. The summed E-state index contributed by atoms with van der Waals surface area (Å²) in [6, 6.07) is 66.0. The van der Waals surface area contributed by atoms with Gasteiger partial charge >= 0.3 is 0 Å². The highest BCUT2D eigenvalue weighted by molar-refractivity contribution is 7.02. The number of rotatable bonds is 5. The van der Waals surface area contributed by atoms with E-state index in [2.05, 4.69) is 200 Å². The van der Waals surface area contributed by atoms with Gasteiger partial charge < -0.3 is 29.2 Å². The molecule has 318 valence electrons. The molecule has 0 N–H and O–H groups in total. The number of fused-ring (bicyclic) bond motifs is 8. The molecule has 6 aliphatic rings. The van der Waals surface area contributed by atoms with Gasteiger partial charge in [-0.15, -0.1) is 0 Å². The number of ether oxygens (including phenoxy) is 1. The standard InChI is InChI=1S/C58H49B2N5O/c1-6-20-40(21-7-1)63-49-28-14-12-26-45(49)59-47-38-48-55(39-51(47)65(42-24-10-3-11-25-42)53-35-43(34-52(63)57(53)59)61-30-16-4-17-31-61)66-56-37-44(62-32-18-5-19-33-62)36-54-58(56)60(48)46-27-13-15-29-50(46)64(54)41-22-8-2-9-23-41/h1-3,6-15,20-29,34-39H,4-5,16-19,30-33H2. The minimum atomic E-state index is -0.0252. The second kappa shape index (κ2) is 15.1. The molecule has 0 spiro atoms. The van der Waals surface area contributed by atoms with E-state index in [1.165, 1.54) is 122 Å². The average Bonchev–Trinajstić information content (AvgIpc) is 3.39. The number of anilines is 11. The average molecular weight is 854 g/mol. The topological polar surface area (TPSA) is 25.4 Å². The zero-order valence-corrected chi connectivity index (χ0v) is 37.1. The number of piperidine rings is 2. The lowest BCUT2D eigenvalue weighted by Crippen LogP contribution is -2.64. The summed E-state index contributed by atoms with van der Waals surface area (Å²) in [6.07, 6.45) is 7.42. The van der Waals surface area contributed by atoms with Crippen molar-refractivity contribution in [1.29, 1.82) is 0 Å². The Morgan fingerprint density at radius 1 is 0.303 bits per heavy atom. The van der Waals surface area contributed by atoms with Crippen LogP contribution >= 0.6 is 0 Å². The van der Waals surface area contributed by atoms with Gasteiger partial charge in [0.15, 0.2) is 0 Å². The maximum Gasteiger partial charge on any atom is 0.256 e. The van der Waals surface area contributed by atoms with Gasteiger partial charge in [-0.25, -0.2) is 0 Å². The molecule has 8 heteroatoms. The molecule has 6 nitrogen and oxygen atoms in total. The van der Waals surface area contributed by atoms with Crippen LogP contribution in [0.4, 0.5) is 62.6 Å². The number of nitrogens with zero attached hydrogens (tertiary/aromatic N) is 5. The number of hydrogen-bond acceptors (Lipinski definition) is 6. The summed E-state index contributed by atoms with van der Waals surface area (Å²) in [6.45, 7) is 4.22. The van der Waals surface area contributed by atoms with Crippen molar-refractivity contribution in [2.24, 2.45) is 0 Å². The lowest BCUT2D eigenvalue weighted by molar-refractivity contribution is 0.487. The van der Waals surface area contributed by atoms with Crippen molar-refractivity contribution >= 4 is 109 Å². The second-order valence-corrected chi connectivity index (χ2v) is 18.9. The van der Waals surface area contributed by atoms with Crippen molar-refractivity contribution in [3.63, 3.8) is 0 Å². The highest BCUT2D eigenvalue weighted by Gasteiger charge is 2.48. The molecule has 2 saturated heterocycles. The quantitative estimate of drug-likeness (QED) is 0.160. The van der Waals surface area contributed by atoms with Crippen LogP contribution in [0.5, 0.6) is 11.5 Å². The molecular formula is C58H49B2N5O. The molecular weight excluding hydrogens is 804 g/mol. The summed E-state index contributed by atoms with van der Waals surface area (Å²) in [5.74, 6) is 1.89. The van der Waals surface area contributed by atoms with Crippen molar-refractivity contribution < 1.29 is 4.74 Å². The van der Waals surface area contributed by atoms with E-state index >= 15 is 0 Å². The molecule has 14 rings (SSSR count). The molecule has 66 heavy (non-hydrogen) atoms. The van der Waals surface area contributed by atoms with Gasteiger partial charge in [-0.05, 0) is 138 Å². The minimum Gasteiger partial charge on any atom is -0.458 e. The third-order valence-corrected chi connectivity index (χ3v) is 15.2. The van der Waals surface area contributed by atoms with Gasteiger partial charge in [0.2, 0.25) is 0 Å². The van der Waals surface area contributed by atoms with Crippen LogP contribution in [-0.4, -0.2) is 39.6 Å². The molecule has 6 heterocycles. The van der Waals surface area contributed by atoms with Crippen LogP contribution in [0.3, 0.4) is 0 Å². The van der Waals surface area contributed by atoms with Crippen LogP contribution in [0.2, 0.25) is 0 Å². The SMILES string of the molecule is c1ccc(N2c3ccccc3B3c4cc5c(cc4Oc4cc(N6CCCCC6)cc2c43)N(c2ccccc2)c2cc(N3CCCCC3)cc3c2B5c2ccccc2N3c2ccccc2)cc1. The Hall–Kier alpha value is -7.31. The van der Waals surface area contributed by atoms with E-state index in [4.69, 9.17) is 4.74 Å². The fraction of sp³-hybridized carbons (Fsp3) is 0.172. The van der Waals surface area contributed by atoms with Crippen molar-refractivity contribution in [3.8, 4) is 11.5 Å². The third kappa shape index (κ3) is 5.76. The molecule has 2 fully saturated rings. The molecule has 0 aromatic heterocycles. The van der Waals surface area contributed by atoms with Gasteiger partial charge in [-0.3, -0.25) is 0 Å². The van der Waals surface area contributed by atoms with Gasteiger partial charge in [0.25, 0.3) is 13.4 Å². The van der Waals surface area contributed by atoms with Crippen molar-refractivity contribution in [2.75, 3.05) is 50.7 Å². The maximum absolute atomic E-state index is 7.47. The summed E-state index contributed by atoms with van der Waals surface area (Å²) < 4.78 is 7.47. The van der Waals surface area contributed by atoms with Crippen LogP contribution in [0.25, 0.3) is 0 Å². The van der Waals surface area contributed by atoms with E-state index in [0.717, 1.165) is 49.1 Å². The molecule has 0 unspecified atom stereocenters. The van der Waals surface area contributed by atoms with Gasteiger partial charge in [-0.2, -0.15) is 0 Å². The minimum absolute atomic E-state index is 0.0103. The van der Waals surface area contributed by atoms with Gasteiger partial charge in [-0.1, -0.05) is 97.1 Å². The molecule has 0 aliphatic carbocycles. The zero-order chi connectivity index (χ0) is 43.3. The molecule has 0 saturated carbocycles. The van der Waals surface area contributed by atoms with E-state index in [-0.39, 0.29) is 13.4 Å². The normalized spacial score (nSPS) is 16.4.